The second-order valence-corrected chi connectivity index (χ2v) is 7.96. The molecular weight excluding hydrogens is 370 g/mol. The van der Waals surface area contributed by atoms with Crippen LogP contribution in [0.5, 0.6) is 0 Å². The highest BCUT2D eigenvalue weighted by atomic mass is 32.2. The van der Waals surface area contributed by atoms with Crippen molar-refractivity contribution < 1.29 is 22.7 Å². The van der Waals surface area contributed by atoms with E-state index < -0.39 is 22.6 Å². The molecule has 2 N–H and O–H groups in total. The van der Waals surface area contributed by atoms with Crippen LogP contribution in [0.4, 0.5) is 0 Å². The van der Waals surface area contributed by atoms with Gasteiger partial charge in [0.25, 0.3) is 5.91 Å². The molecule has 0 atom stereocenters. The van der Waals surface area contributed by atoms with Gasteiger partial charge in [-0.05, 0) is 25.5 Å². The molecule has 1 heterocycles. The summed E-state index contributed by atoms with van der Waals surface area (Å²) >= 11 is 0. The number of carbonyl (C=O) groups excluding carboxylic acids is 2. The summed E-state index contributed by atoms with van der Waals surface area (Å²) in [7, 11) is -2.44. The normalized spacial score (nSPS) is 11.4. The molecule has 2 aromatic rings. The third-order valence-corrected chi connectivity index (χ3v) is 4.86. The number of ether oxygens (including phenoxy) is 1. The number of aromatic nitrogens is 1. The molecule has 146 valence electrons. The molecule has 1 aromatic carbocycles. The van der Waals surface area contributed by atoms with Gasteiger partial charge in [0.2, 0.25) is 10.0 Å². The highest BCUT2D eigenvalue weighted by molar-refractivity contribution is 7.89. The minimum atomic E-state index is -3.93. The number of nitrogens with two attached hydrogens (primary N) is 1. The Kier molecular flexibility index (Phi) is 6.40. The first-order valence-corrected chi connectivity index (χ1v) is 9.84. The summed E-state index contributed by atoms with van der Waals surface area (Å²) in [6.07, 6.45) is 1.21. The predicted octanol–water partition coefficient (Wildman–Crippen LogP) is 1.27. The summed E-state index contributed by atoms with van der Waals surface area (Å²) in [5.41, 5.74) is 0.956. The lowest BCUT2D eigenvalue weighted by atomic mass is 10.2. The van der Waals surface area contributed by atoms with Crippen LogP contribution in [-0.2, 0) is 33.1 Å². The number of primary sulfonamides is 1. The Balaban J connectivity index is 2.04. The zero-order valence-corrected chi connectivity index (χ0v) is 16.3. The molecule has 27 heavy (non-hydrogen) atoms. The molecule has 0 radical (unpaired) electrons. The Labute approximate surface area is 158 Å². The molecular formula is C18H23N3O5S. The largest absolute Gasteiger partial charge is 0.451 e. The molecule has 0 aliphatic carbocycles. The summed E-state index contributed by atoms with van der Waals surface area (Å²) in [5.74, 6) is -1.15. The summed E-state index contributed by atoms with van der Waals surface area (Å²) in [4.78, 5) is 26.1. The van der Waals surface area contributed by atoms with Crippen LogP contribution in [0, 0.1) is 0 Å². The molecule has 0 saturated heterocycles. The first-order chi connectivity index (χ1) is 12.6. The Morgan fingerprint density at radius 3 is 2.37 bits per heavy atom. The molecule has 8 nitrogen and oxygen atoms in total. The van der Waals surface area contributed by atoms with Crippen LogP contribution in [0.3, 0.4) is 0 Å². The Morgan fingerprint density at radius 2 is 1.85 bits per heavy atom. The van der Waals surface area contributed by atoms with Crippen LogP contribution in [0.1, 0.15) is 29.9 Å². The number of hydrogen-bond donors (Lipinski definition) is 1. The SMILES string of the molecule is CC(C)N(Cc1ccccc1)C(=O)COC(=O)c1cc(S(N)(=O)=O)cn1C. The van der Waals surface area contributed by atoms with Gasteiger partial charge in [-0.25, -0.2) is 18.4 Å². The lowest BCUT2D eigenvalue weighted by molar-refractivity contribution is -0.137. The summed E-state index contributed by atoms with van der Waals surface area (Å²) < 4.78 is 29.1. The van der Waals surface area contributed by atoms with Crippen molar-refractivity contribution in [2.24, 2.45) is 12.2 Å². The van der Waals surface area contributed by atoms with E-state index in [0.29, 0.717) is 6.54 Å². The summed E-state index contributed by atoms with van der Waals surface area (Å²) in [6.45, 7) is 3.70. The average Bonchev–Trinajstić information content (AvgIpc) is 3.00. The second kappa shape index (κ2) is 8.36. The van der Waals surface area contributed by atoms with Gasteiger partial charge in [0.05, 0.1) is 0 Å². The minimum absolute atomic E-state index is 0.00835. The molecule has 1 amide bonds. The van der Waals surface area contributed by atoms with Crippen molar-refractivity contribution in [1.82, 2.24) is 9.47 Å². The fourth-order valence-corrected chi connectivity index (χ4v) is 3.10. The minimum Gasteiger partial charge on any atom is -0.451 e. The van der Waals surface area contributed by atoms with E-state index in [1.165, 1.54) is 17.8 Å². The van der Waals surface area contributed by atoms with Crippen LogP contribution in [0.15, 0.2) is 47.5 Å². The third kappa shape index (κ3) is 5.41. The predicted molar refractivity (Wildman–Crippen MR) is 99.2 cm³/mol. The number of carbonyl (C=O) groups is 2. The maximum absolute atomic E-state index is 12.5. The molecule has 0 saturated carbocycles. The van der Waals surface area contributed by atoms with E-state index in [1.54, 1.807) is 4.90 Å². The first kappa shape index (κ1) is 20.7. The number of aryl methyl sites for hydroxylation is 1. The Bertz CT molecular complexity index is 920. The van der Waals surface area contributed by atoms with Crippen molar-refractivity contribution in [3.63, 3.8) is 0 Å². The molecule has 0 aliphatic rings. The standard InChI is InChI=1S/C18H23N3O5S/c1-13(2)21(10-14-7-5-4-6-8-14)17(22)12-26-18(23)16-9-15(11-20(16)3)27(19,24)25/h4-9,11,13H,10,12H2,1-3H3,(H2,19,24,25). The molecule has 0 unspecified atom stereocenters. The number of hydrogen-bond acceptors (Lipinski definition) is 5. The van der Waals surface area contributed by atoms with Crippen LogP contribution < -0.4 is 5.14 Å². The van der Waals surface area contributed by atoms with E-state index in [1.807, 2.05) is 44.2 Å². The van der Waals surface area contributed by atoms with Gasteiger partial charge >= 0.3 is 5.97 Å². The maximum Gasteiger partial charge on any atom is 0.355 e. The highest BCUT2D eigenvalue weighted by Gasteiger charge is 2.22. The van der Waals surface area contributed by atoms with E-state index in [0.717, 1.165) is 11.6 Å². The fraction of sp³-hybridized carbons (Fsp3) is 0.333. The van der Waals surface area contributed by atoms with Crippen molar-refractivity contribution in [2.75, 3.05) is 6.61 Å². The summed E-state index contributed by atoms with van der Waals surface area (Å²) in [6, 6.07) is 10.5. The van der Waals surface area contributed by atoms with Gasteiger partial charge in [0.1, 0.15) is 10.6 Å². The summed E-state index contributed by atoms with van der Waals surface area (Å²) in [5, 5.41) is 5.05. The quantitative estimate of drug-likeness (QED) is 0.712. The van der Waals surface area contributed by atoms with Crippen molar-refractivity contribution in [3.05, 3.63) is 53.9 Å². The van der Waals surface area contributed by atoms with E-state index in [9.17, 15) is 18.0 Å². The Hall–Kier alpha value is -2.65. The zero-order valence-electron chi connectivity index (χ0n) is 15.5. The van der Waals surface area contributed by atoms with Gasteiger partial charge in [-0.15, -0.1) is 0 Å². The number of benzene rings is 1. The monoisotopic (exact) mass is 393 g/mol. The first-order valence-electron chi connectivity index (χ1n) is 8.29. The fourth-order valence-electron chi connectivity index (χ4n) is 2.52. The molecule has 0 bridgehead atoms. The number of nitrogens with zero attached hydrogens (tertiary/aromatic N) is 2. The topological polar surface area (TPSA) is 112 Å². The van der Waals surface area contributed by atoms with Crippen LogP contribution in [0.2, 0.25) is 0 Å². The molecule has 2 rings (SSSR count). The van der Waals surface area contributed by atoms with Crippen molar-refractivity contribution in [2.45, 2.75) is 31.3 Å². The smallest absolute Gasteiger partial charge is 0.355 e. The van der Waals surface area contributed by atoms with Gasteiger partial charge in [0, 0.05) is 25.8 Å². The second-order valence-electron chi connectivity index (χ2n) is 6.39. The van der Waals surface area contributed by atoms with Gasteiger partial charge in [0.15, 0.2) is 6.61 Å². The van der Waals surface area contributed by atoms with E-state index in [2.05, 4.69) is 0 Å². The molecule has 1 aromatic heterocycles. The third-order valence-electron chi connectivity index (χ3n) is 3.98. The lowest BCUT2D eigenvalue weighted by Crippen LogP contribution is -2.39. The highest BCUT2D eigenvalue weighted by Crippen LogP contribution is 2.13. The van der Waals surface area contributed by atoms with E-state index in [4.69, 9.17) is 9.88 Å². The van der Waals surface area contributed by atoms with Crippen LogP contribution >= 0.6 is 0 Å². The average molecular weight is 393 g/mol. The van der Waals surface area contributed by atoms with Gasteiger partial charge in [-0.1, -0.05) is 30.3 Å². The van der Waals surface area contributed by atoms with E-state index >= 15 is 0 Å². The van der Waals surface area contributed by atoms with Crippen molar-refractivity contribution >= 4 is 21.9 Å². The molecule has 0 spiro atoms. The molecule has 0 aliphatic heterocycles. The van der Waals surface area contributed by atoms with Crippen molar-refractivity contribution in [3.8, 4) is 0 Å². The van der Waals surface area contributed by atoms with Gasteiger partial charge in [-0.2, -0.15) is 0 Å². The zero-order chi connectivity index (χ0) is 20.2. The lowest BCUT2D eigenvalue weighted by Gasteiger charge is -2.26. The number of esters is 1. The van der Waals surface area contributed by atoms with Gasteiger partial charge in [-0.3, -0.25) is 4.79 Å². The number of sulfonamides is 1. The molecule has 9 heteroatoms. The van der Waals surface area contributed by atoms with Gasteiger partial charge < -0.3 is 14.2 Å². The number of rotatable bonds is 7. The van der Waals surface area contributed by atoms with Crippen LogP contribution in [0.25, 0.3) is 0 Å². The maximum atomic E-state index is 12.5. The van der Waals surface area contributed by atoms with Crippen LogP contribution in [-0.4, -0.2) is 42.4 Å². The number of amides is 1. The molecule has 0 fully saturated rings. The Morgan fingerprint density at radius 1 is 1.22 bits per heavy atom. The van der Waals surface area contributed by atoms with E-state index in [-0.39, 0.29) is 22.5 Å². The van der Waals surface area contributed by atoms with Crippen molar-refractivity contribution in [1.29, 1.82) is 0 Å².